The number of amides is 3. The second kappa shape index (κ2) is 11.0. The summed E-state index contributed by atoms with van der Waals surface area (Å²) in [6.07, 6.45) is 0.622. The number of carbonyl (C=O) groups is 3. The van der Waals surface area contributed by atoms with Crippen molar-refractivity contribution in [2.45, 2.75) is 39.8 Å². The van der Waals surface area contributed by atoms with E-state index in [0.29, 0.717) is 53.8 Å². The van der Waals surface area contributed by atoms with Crippen LogP contribution in [0.5, 0.6) is 11.5 Å². The van der Waals surface area contributed by atoms with Crippen molar-refractivity contribution in [1.82, 2.24) is 9.96 Å². The number of hydroxylamine groups is 2. The summed E-state index contributed by atoms with van der Waals surface area (Å²) in [5.41, 5.74) is 2.50. The number of hydrogen-bond donors (Lipinski definition) is 2. The topological polar surface area (TPSA) is 108 Å². The molecule has 9 nitrogen and oxygen atoms in total. The number of nitrogens with one attached hydrogen (secondary N) is 1. The van der Waals surface area contributed by atoms with Gasteiger partial charge in [0.1, 0.15) is 0 Å². The molecule has 0 radical (unpaired) electrons. The highest BCUT2D eigenvalue weighted by Gasteiger charge is 2.36. The minimum absolute atomic E-state index is 0.0290. The van der Waals surface area contributed by atoms with Crippen LogP contribution in [0.2, 0.25) is 0 Å². The molecular weight excluding hydrogens is 438 g/mol. The van der Waals surface area contributed by atoms with E-state index in [9.17, 15) is 19.6 Å². The van der Waals surface area contributed by atoms with Gasteiger partial charge in [0.25, 0.3) is 5.91 Å². The lowest BCUT2D eigenvalue weighted by Crippen LogP contribution is -2.32. The molecule has 0 fully saturated rings. The molecule has 0 aliphatic carbocycles. The molecule has 3 rings (SSSR count). The minimum Gasteiger partial charge on any atom is -0.493 e. The zero-order valence-corrected chi connectivity index (χ0v) is 19.9. The maximum absolute atomic E-state index is 13.6. The Morgan fingerprint density at radius 1 is 1.26 bits per heavy atom. The molecule has 3 amide bonds. The highest BCUT2D eigenvalue weighted by Crippen LogP contribution is 2.39. The molecule has 9 heteroatoms. The molecule has 2 N–H and O–H groups in total. The van der Waals surface area contributed by atoms with Crippen LogP contribution in [0.1, 0.15) is 54.7 Å². The van der Waals surface area contributed by atoms with Gasteiger partial charge in [0.05, 0.1) is 37.6 Å². The first-order valence-corrected chi connectivity index (χ1v) is 11.3. The van der Waals surface area contributed by atoms with E-state index in [1.807, 2.05) is 31.2 Å². The maximum atomic E-state index is 13.6. The minimum atomic E-state index is -0.465. The summed E-state index contributed by atoms with van der Waals surface area (Å²) in [6.45, 7) is 6.23. The van der Waals surface area contributed by atoms with Crippen LogP contribution in [0.25, 0.3) is 0 Å². The van der Waals surface area contributed by atoms with Crippen LogP contribution in [0.15, 0.2) is 36.4 Å². The van der Waals surface area contributed by atoms with Crippen LogP contribution < -0.4 is 14.8 Å². The zero-order valence-electron chi connectivity index (χ0n) is 19.9. The number of fused-ring (bicyclic) bond motifs is 1. The summed E-state index contributed by atoms with van der Waals surface area (Å²) in [7, 11) is 1.55. The molecule has 1 atom stereocenters. The average molecular weight is 470 g/mol. The van der Waals surface area contributed by atoms with Crippen LogP contribution in [-0.2, 0) is 16.1 Å². The number of benzene rings is 2. The number of hydrogen-bond acceptors (Lipinski definition) is 6. The van der Waals surface area contributed by atoms with E-state index < -0.39 is 6.04 Å². The normalized spacial score (nSPS) is 13.5. The van der Waals surface area contributed by atoms with Crippen LogP contribution in [0.4, 0.5) is 5.69 Å². The molecule has 0 bridgehead atoms. The lowest BCUT2D eigenvalue weighted by Gasteiger charge is -2.29. The number of anilines is 1. The third kappa shape index (κ3) is 5.31. The molecule has 1 aliphatic heterocycles. The molecule has 0 spiro atoms. The third-order valence-electron chi connectivity index (χ3n) is 5.75. The summed E-state index contributed by atoms with van der Waals surface area (Å²) in [5.74, 6) is 0.471. The summed E-state index contributed by atoms with van der Waals surface area (Å²) >= 11 is 0. The van der Waals surface area contributed by atoms with Gasteiger partial charge in [0.15, 0.2) is 11.5 Å². The van der Waals surface area contributed by atoms with Gasteiger partial charge in [-0.25, -0.2) is 5.06 Å². The van der Waals surface area contributed by atoms with Gasteiger partial charge in [0, 0.05) is 12.5 Å². The Labute approximate surface area is 199 Å². The Bertz CT molecular complexity index is 1050. The highest BCUT2D eigenvalue weighted by atomic mass is 16.5. The summed E-state index contributed by atoms with van der Waals surface area (Å²) in [5, 5.41) is 13.1. The molecule has 1 heterocycles. The van der Waals surface area contributed by atoms with Crippen LogP contribution in [0, 0.1) is 5.92 Å². The molecule has 2 aromatic carbocycles. The van der Waals surface area contributed by atoms with Crippen molar-refractivity contribution < 1.29 is 29.1 Å². The van der Waals surface area contributed by atoms with Crippen LogP contribution >= 0.6 is 0 Å². The van der Waals surface area contributed by atoms with Crippen molar-refractivity contribution in [3.05, 3.63) is 53.1 Å². The van der Waals surface area contributed by atoms with E-state index in [2.05, 4.69) is 5.32 Å². The largest absolute Gasteiger partial charge is 0.493 e. The average Bonchev–Trinajstić information content (AvgIpc) is 3.16. The highest BCUT2D eigenvalue weighted by molar-refractivity contribution is 6.07. The van der Waals surface area contributed by atoms with Crippen molar-refractivity contribution in [3.63, 3.8) is 0 Å². The monoisotopic (exact) mass is 469 g/mol. The van der Waals surface area contributed by atoms with Crippen LogP contribution in [0.3, 0.4) is 0 Å². The summed E-state index contributed by atoms with van der Waals surface area (Å²) in [4.78, 5) is 38.6. The zero-order chi connectivity index (χ0) is 24.8. The molecule has 34 heavy (non-hydrogen) atoms. The van der Waals surface area contributed by atoms with Crippen molar-refractivity contribution in [2.24, 2.45) is 5.92 Å². The Morgan fingerprint density at radius 2 is 2.03 bits per heavy atom. The Balaban J connectivity index is 1.98. The molecule has 0 unspecified atom stereocenters. The first-order valence-electron chi connectivity index (χ1n) is 11.3. The van der Waals surface area contributed by atoms with Crippen molar-refractivity contribution in [2.75, 3.05) is 25.6 Å². The molecule has 2 aromatic rings. The van der Waals surface area contributed by atoms with E-state index in [1.54, 1.807) is 38.0 Å². The van der Waals surface area contributed by atoms with Crippen LogP contribution in [-0.4, -0.2) is 53.7 Å². The molecule has 0 saturated heterocycles. The molecular formula is C25H31N3O6. The fraction of sp³-hybridized carbons (Fsp3) is 0.400. The second-order valence-electron chi connectivity index (χ2n) is 8.33. The Hall–Kier alpha value is -3.59. The molecule has 0 aromatic heterocycles. The first kappa shape index (κ1) is 25.0. The fourth-order valence-electron chi connectivity index (χ4n) is 3.99. The number of methoxy groups -OCH3 is 1. The number of ether oxygens (including phenoxy) is 2. The van der Waals surface area contributed by atoms with Gasteiger partial charge in [-0.15, -0.1) is 0 Å². The van der Waals surface area contributed by atoms with Gasteiger partial charge in [-0.3, -0.25) is 19.6 Å². The summed E-state index contributed by atoms with van der Waals surface area (Å²) in [6, 6.07) is 10.3. The predicted octanol–water partition coefficient (Wildman–Crippen LogP) is 3.62. The molecule has 0 saturated carbocycles. The number of nitrogens with zero attached hydrogens (tertiary/aromatic N) is 2. The third-order valence-corrected chi connectivity index (χ3v) is 5.75. The Morgan fingerprint density at radius 3 is 2.68 bits per heavy atom. The SMILES string of the molecule is CCOc1cc([C@@H](CCN(O)C=O)N2Cc3cccc(NC(=O)C(C)C)c3C2=O)ccc1OC. The van der Waals surface area contributed by atoms with E-state index in [4.69, 9.17) is 9.47 Å². The predicted molar refractivity (Wildman–Crippen MR) is 126 cm³/mol. The quantitative estimate of drug-likeness (QED) is 0.296. The smallest absolute Gasteiger partial charge is 0.257 e. The van der Waals surface area contributed by atoms with Crippen molar-refractivity contribution >= 4 is 23.9 Å². The second-order valence-corrected chi connectivity index (χ2v) is 8.33. The van der Waals surface area contributed by atoms with Gasteiger partial charge in [-0.2, -0.15) is 0 Å². The lowest BCUT2D eigenvalue weighted by molar-refractivity contribution is -0.150. The number of rotatable bonds is 11. The lowest BCUT2D eigenvalue weighted by atomic mass is 10.0. The van der Waals surface area contributed by atoms with Gasteiger partial charge in [-0.1, -0.05) is 32.0 Å². The summed E-state index contributed by atoms with van der Waals surface area (Å²) < 4.78 is 11.1. The Kier molecular flexibility index (Phi) is 8.12. The van der Waals surface area contributed by atoms with Gasteiger partial charge >= 0.3 is 0 Å². The first-order chi connectivity index (χ1) is 16.3. The molecule has 1 aliphatic rings. The standard InChI is InChI=1S/C25H31N3O6/c1-5-34-22-13-17(9-10-21(22)33-4)20(11-12-27(32)15-29)28-14-18-7-6-8-19(23(18)25(28)31)26-24(30)16(2)3/h6-10,13,15-16,20,32H,5,11-12,14H2,1-4H3,(H,26,30)/t20-/m1/s1. The van der Waals surface area contributed by atoms with E-state index in [0.717, 1.165) is 11.1 Å². The van der Waals surface area contributed by atoms with Gasteiger partial charge in [-0.05, 0) is 42.7 Å². The van der Waals surface area contributed by atoms with E-state index in [-0.39, 0.29) is 24.3 Å². The van der Waals surface area contributed by atoms with Gasteiger partial charge in [0.2, 0.25) is 12.3 Å². The fourth-order valence-corrected chi connectivity index (χ4v) is 3.99. The number of carbonyl (C=O) groups excluding carboxylic acids is 3. The van der Waals surface area contributed by atoms with Crippen molar-refractivity contribution in [1.29, 1.82) is 0 Å². The van der Waals surface area contributed by atoms with Crippen molar-refractivity contribution in [3.8, 4) is 11.5 Å². The van der Waals surface area contributed by atoms with Gasteiger partial charge < -0.3 is 19.7 Å². The molecule has 182 valence electrons. The maximum Gasteiger partial charge on any atom is 0.257 e. The van der Waals surface area contributed by atoms with E-state index in [1.165, 1.54) is 0 Å². The van der Waals surface area contributed by atoms with E-state index >= 15 is 0 Å².